The SMILES string of the molecule is COCCOCCOCCOCCOCCn1cc(CO/N=C2\[C@H](C)C[C@H](C)/C=C/C=C/C=C(\C)[C@@H](OC)C[C@@H]3CC[C@@H](C)[C@@](O)(O3)C(=O)C(=O)N3CCCC[C@H]3C(=O)OC([C@H](C)C[C@@H]3CC[C@@H](O)[C@H](OC)C3)C[C@@H](OC)[C@H](C)/C=C(\C)[C@@H](O)[C@H]2OC)nn1. The number of oxime groups is 1. The molecule has 3 fully saturated rings. The minimum absolute atomic E-state index is 0.000575. The van der Waals surface area contributed by atoms with Gasteiger partial charge in [-0.25, -0.2) is 9.48 Å². The molecule has 1 aromatic rings. The second kappa shape index (κ2) is 39.9. The first-order valence-corrected chi connectivity index (χ1v) is 32.3. The van der Waals surface area contributed by atoms with Crippen LogP contribution in [0.3, 0.4) is 0 Å². The second-order valence-electron chi connectivity index (χ2n) is 24.8. The van der Waals surface area contributed by atoms with E-state index in [1.807, 2.05) is 65.0 Å². The number of carbonyl (C=O) groups is 3. The van der Waals surface area contributed by atoms with Gasteiger partial charge in [0.1, 0.15) is 30.0 Å². The Bertz CT molecular complexity index is 2400. The number of fused-ring (bicyclic) bond motifs is 3. The lowest BCUT2D eigenvalue weighted by molar-refractivity contribution is -0.265. The summed E-state index contributed by atoms with van der Waals surface area (Å²) in [7, 11) is 7.97. The van der Waals surface area contributed by atoms with Gasteiger partial charge < -0.3 is 77.2 Å². The molecule has 1 aliphatic carbocycles. The maximum Gasteiger partial charge on any atom is 0.329 e. The normalized spacial score (nSPS) is 34.0. The third-order valence-electron chi connectivity index (χ3n) is 17.9. The second-order valence-corrected chi connectivity index (χ2v) is 24.8. The smallest absolute Gasteiger partial charge is 0.329 e. The molecule has 4 heterocycles. The van der Waals surface area contributed by atoms with E-state index in [1.165, 1.54) is 12.0 Å². The molecule has 1 unspecified atom stereocenters. The molecule has 0 radical (unpaired) electrons. The molecule has 3 aliphatic heterocycles. The summed E-state index contributed by atoms with van der Waals surface area (Å²) < 4.78 is 65.7. The van der Waals surface area contributed by atoms with Crippen LogP contribution in [0.5, 0.6) is 0 Å². The van der Waals surface area contributed by atoms with E-state index in [0.717, 1.165) is 12.0 Å². The zero-order chi connectivity index (χ0) is 64.9. The number of aliphatic hydroxyl groups is 3. The largest absolute Gasteiger partial charge is 0.460 e. The van der Waals surface area contributed by atoms with E-state index in [2.05, 4.69) is 23.3 Å². The number of Topliss-reactive ketones (excluding diaryl/α,β-unsaturated/α-hetero) is 1. The highest BCUT2D eigenvalue weighted by Crippen LogP contribution is 2.38. The predicted octanol–water partition coefficient (Wildman–Crippen LogP) is 6.93. The van der Waals surface area contributed by atoms with E-state index >= 15 is 0 Å². The number of allylic oxidation sites excluding steroid dienone is 5. The summed E-state index contributed by atoms with van der Waals surface area (Å²) in [6.07, 6.45) is 14.5. The number of aliphatic hydroxyl groups excluding tert-OH is 2. The number of hydrogen-bond donors (Lipinski definition) is 3. The fourth-order valence-corrected chi connectivity index (χ4v) is 12.5. The number of ketones is 1. The van der Waals surface area contributed by atoms with E-state index in [0.29, 0.717) is 141 Å². The monoisotopic (exact) mass is 1260 g/mol. The van der Waals surface area contributed by atoms with Gasteiger partial charge in [-0.3, -0.25) is 9.59 Å². The molecule has 23 nitrogen and oxygen atoms in total. The molecule has 5 rings (SSSR count). The van der Waals surface area contributed by atoms with Crippen molar-refractivity contribution in [3.63, 3.8) is 0 Å². The van der Waals surface area contributed by atoms with E-state index < -0.39 is 78.1 Å². The summed E-state index contributed by atoms with van der Waals surface area (Å²) >= 11 is 0. The van der Waals surface area contributed by atoms with Gasteiger partial charge in [-0.05, 0) is 107 Å². The molecule has 1 saturated carbocycles. The third kappa shape index (κ3) is 23.9. The Kier molecular flexibility index (Phi) is 33.8. The molecule has 0 aromatic carbocycles. The number of amides is 1. The lowest BCUT2D eigenvalue weighted by Crippen LogP contribution is -2.61. The number of ether oxygens (including phenoxy) is 11. The van der Waals surface area contributed by atoms with Crippen LogP contribution < -0.4 is 0 Å². The van der Waals surface area contributed by atoms with Crippen LogP contribution in [0.4, 0.5) is 0 Å². The van der Waals surface area contributed by atoms with Gasteiger partial charge in [0.15, 0.2) is 6.61 Å². The van der Waals surface area contributed by atoms with Gasteiger partial charge in [-0.2, -0.15) is 0 Å². The van der Waals surface area contributed by atoms with Crippen LogP contribution in [0, 0.1) is 35.5 Å². The van der Waals surface area contributed by atoms with Crippen LogP contribution >= 0.6 is 0 Å². The van der Waals surface area contributed by atoms with Crippen molar-refractivity contribution in [2.45, 2.75) is 199 Å². The highest BCUT2D eigenvalue weighted by atomic mass is 16.6. The maximum absolute atomic E-state index is 14.8. The molecule has 0 spiro atoms. The van der Waals surface area contributed by atoms with Crippen LogP contribution in [-0.2, 0) is 84.5 Å². The quantitative estimate of drug-likeness (QED) is 0.0294. The van der Waals surface area contributed by atoms with Crippen molar-refractivity contribution in [3.8, 4) is 0 Å². The van der Waals surface area contributed by atoms with Gasteiger partial charge in [-0.15, -0.1) is 5.10 Å². The average molecular weight is 1260 g/mol. The van der Waals surface area contributed by atoms with Crippen molar-refractivity contribution in [3.05, 3.63) is 59.5 Å². The zero-order valence-corrected chi connectivity index (χ0v) is 55.4. The van der Waals surface area contributed by atoms with Gasteiger partial charge in [-0.1, -0.05) is 81.4 Å². The Hall–Kier alpha value is -4.34. The number of aromatic nitrogens is 3. The Morgan fingerprint density at radius 3 is 2.10 bits per heavy atom. The zero-order valence-electron chi connectivity index (χ0n) is 55.4. The first-order valence-electron chi connectivity index (χ1n) is 32.3. The Balaban J connectivity index is 1.39. The van der Waals surface area contributed by atoms with Crippen molar-refractivity contribution in [1.82, 2.24) is 19.9 Å². The van der Waals surface area contributed by atoms with E-state index in [9.17, 15) is 29.7 Å². The Morgan fingerprint density at radius 2 is 1.44 bits per heavy atom. The molecular formula is C66H109N5O18. The van der Waals surface area contributed by atoms with Gasteiger partial charge in [0, 0.05) is 72.7 Å². The highest BCUT2D eigenvalue weighted by Gasteiger charge is 2.53. The fraction of sp³-hybridized carbons (Fsp3) is 0.788. The minimum Gasteiger partial charge on any atom is -0.460 e. The summed E-state index contributed by atoms with van der Waals surface area (Å²) in [6, 6.07) is -1.09. The van der Waals surface area contributed by atoms with Crippen LogP contribution in [0.25, 0.3) is 0 Å². The molecular weight excluding hydrogens is 1150 g/mol. The molecule has 2 saturated heterocycles. The van der Waals surface area contributed by atoms with Crippen LogP contribution in [0.2, 0.25) is 0 Å². The van der Waals surface area contributed by atoms with Crippen molar-refractivity contribution in [2.75, 3.05) is 102 Å². The van der Waals surface area contributed by atoms with Gasteiger partial charge >= 0.3 is 5.97 Å². The van der Waals surface area contributed by atoms with Crippen molar-refractivity contribution in [2.24, 2.45) is 40.7 Å². The van der Waals surface area contributed by atoms with Crippen molar-refractivity contribution >= 4 is 23.4 Å². The molecule has 23 heteroatoms. The number of carbonyl (C=O) groups excluding carboxylic acids is 3. The number of hydrogen-bond acceptors (Lipinski definition) is 21. The van der Waals surface area contributed by atoms with E-state index in [4.69, 9.17) is 62.1 Å². The van der Waals surface area contributed by atoms with Crippen molar-refractivity contribution < 1.29 is 86.6 Å². The number of rotatable bonds is 25. The predicted molar refractivity (Wildman–Crippen MR) is 333 cm³/mol. The summed E-state index contributed by atoms with van der Waals surface area (Å²) in [6.45, 7) is 18.4. The first-order chi connectivity index (χ1) is 42.8. The number of nitrogens with zero attached hydrogens (tertiary/aromatic N) is 5. The standard InChI is InChI=1S/C66H109N5O18/c1-44-18-14-13-15-19-45(2)56(79-9)40-53-23-21-50(7)66(77,89-53)63(74)64(75)71-25-17-16-20-54(71)65(76)88-58(47(4)38-51-22-24-55(72)59(39-51)81-11)41-57(80-10)46(3)37-49(6)61(73)62(82-12)60(48(5)36-44)68-87-43-52-42-70(69-67-52)26-27-83-30-31-85-34-35-86-33-32-84-29-28-78-8/h13-15,18-19,37,42,44,46-48,50-51,53-59,61-62,72-73,77H,16-17,20-36,38-41,43H2,1-12H3/b15-13+,18-14+,45-19+,49-37+,68-60+/t44-,46-,47-,48-,50-,51+,53+,54+,55-,56+,57-,58?,59-,61-,62+,66-/m1/s1. The minimum atomic E-state index is -2.42. The molecule has 16 atom stereocenters. The Labute approximate surface area is 529 Å². The summed E-state index contributed by atoms with van der Waals surface area (Å²) in [5.74, 6) is -6.48. The van der Waals surface area contributed by atoms with Crippen LogP contribution in [-0.4, -0.2) is 221 Å². The molecule has 4 aliphatic rings. The lowest BCUT2D eigenvalue weighted by Gasteiger charge is -2.43. The number of cyclic esters (lactones) is 1. The topological polar surface area (TPSA) is 269 Å². The first kappa shape index (κ1) is 75.4. The van der Waals surface area contributed by atoms with E-state index in [1.54, 1.807) is 46.2 Å². The summed E-state index contributed by atoms with van der Waals surface area (Å²) in [5, 5.41) is 48.4. The Morgan fingerprint density at radius 1 is 0.753 bits per heavy atom. The average Bonchev–Trinajstić information content (AvgIpc) is 1.53. The maximum atomic E-state index is 14.8. The molecule has 3 N–H and O–H groups in total. The lowest BCUT2D eigenvalue weighted by atomic mass is 9.78. The number of methoxy groups -OCH3 is 5. The van der Waals surface area contributed by atoms with E-state index in [-0.39, 0.29) is 61.7 Å². The number of esters is 1. The van der Waals surface area contributed by atoms with Gasteiger partial charge in [0.25, 0.3) is 11.7 Å². The summed E-state index contributed by atoms with van der Waals surface area (Å²) in [5.41, 5.74) is 2.51. The van der Waals surface area contributed by atoms with Gasteiger partial charge in [0.2, 0.25) is 5.79 Å². The van der Waals surface area contributed by atoms with Crippen LogP contribution in [0.15, 0.2) is 59.0 Å². The molecule has 89 heavy (non-hydrogen) atoms. The highest BCUT2D eigenvalue weighted by molar-refractivity contribution is 6.39. The third-order valence-corrected chi connectivity index (χ3v) is 17.9. The summed E-state index contributed by atoms with van der Waals surface area (Å²) in [4.78, 5) is 51.0. The molecule has 506 valence electrons. The number of piperidine rings is 1. The van der Waals surface area contributed by atoms with Crippen LogP contribution in [0.1, 0.15) is 131 Å². The fourth-order valence-electron chi connectivity index (χ4n) is 12.5. The molecule has 1 aromatic heterocycles. The molecule has 1 amide bonds. The van der Waals surface area contributed by atoms with Crippen molar-refractivity contribution in [1.29, 1.82) is 0 Å². The van der Waals surface area contributed by atoms with Gasteiger partial charge in [0.05, 0.1) is 108 Å². The molecule has 2 bridgehead atoms.